The van der Waals surface area contributed by atoms with Gasteiger partial charge in [-0.25, -0.2) is 4.68 Å². The fraction of sp³-hybridized carbons (Fsp3) is 0.714. The van der Waals surface area contributed by atoms with E-state index in [0.29, 0.717) is 37.8 Å². The molecule has 3 rings (SSSR count). The lowest BCUT2D eigenvalue weighted by Crippen LogP contribution is -2.48. The summed E-state index contributed by atoms with van der Waals surface area (Å²) in [5, 5.41) is 4.27. The second-order valence-electron chi connectivity index (χ2n) is 5.80. The molecule has 116 valence electrons. The lowest BCUT2D eigenvalue weighted by atomic mass is 9.85. The Labute approximate surface area is 132 Å². The van der Waals surface area contributed by atoms with Crippen molar-refractivity contribution in [1.82, 2.24) is 9.78 Å². The molecule has 1 saturated carbocycles. The largest absolute Gasteiger partial charge is 0.373 e. The topological polar surface area (TPSA) is 73.4 Å². The molecule has 1 atom stereocenters. The van der Waals surface area contributed by atoms with Gasteiger partial charge in [-0.3, -0.25) is 4.79 Å². The van der Waals surface area contributed by atoms with Crippen LogP contribution in [0.4, 0.5) is 5.69 Å². The highest BCUT2D eigenvalue weighted by Gasteiger charge is 2.25. The number of hydrogen-bond acceptors (Lipinski definition) is 5. The van der Waals surface area contributed by atoms with E-state index in [1.54, 1.807) is 10.9 Å². The quantitative estimate of drug-likeness (QED) is 0.869. The molecule has 21 heavy (non-hydrogen) atoms. The van der Waals surface area contributed by atoms with Crippen molar-refractivity contribution in [2.24, 2.45) is 11.7 Å². The van der Waals surface area contributed by atoms with Crippen LogP contribution in [0.1, 0.15) is 19.3 Å². The van der Waals surface area contributed by atoms with Crippen LogP contribution in [-0.2, 0) is 11.3 Å². The van der Waals surface area contributed by atoms with Crippen molar-refractivity contribution in [2.75, 3.05) is 31.1 Å². The first kappa shape index (κ1) is 15.0. The Morgan fingerprint density at radius 2 is 2.29 bits per heavy atom. The van der Waals surface area contributed by atoms with Gasteiger partial charge in [-0.15, -0.1) is 0 Å². The summed E-state index contributed by atoms with van der Waals surface area (Å²) in [6.07, 6.45) is 5.38. The predicted molar refractivity (Wildman–Crippen MR) is 84.5 cm³/mol. The third kappa shape index (κ3) is 3.14. The van der Waals surface area contributed by atoms with Crippen LogP contribution in [0, 0.1) is 5.92 Å². The highest BCUT2D eigenvalue weighted by atomic mass is 79.9. The average Bonchev–Trinajstić information content (AvgIpc) is 2.45. The maximum atomic E-state index is 12.7. The average molecular weight is 357 g/mol. The molecule has 2 fully saturated rings. The molecule has 1 aromatic heterocycles. The highest BCUT2D eigenvalue weighted by Crippen LogP contribution is 2.28. The van der Waals surface area contributed by atoms with Crippen molar-refractivity contribution in [3.63, 3.8) is 0 Å². The van der Waals surface area contributed by atoms with E-state index in [0.717, 1.165) is 11.0 Å². The fourth-order valence-corrected chi connectivity index (χ4v) is 3.37. The smallest absolute Gasteiger partial charge is 0.291 e. The number of halogens is 1. The minimum Gasteiger partial charge on any atom is -0.373 e. The Hall–Kier alpha value is -0.920. The number of anilines is 1. The van der Waals surface area contributed by atoms with Crippen molar-refractivity contribution in [3.8, 4) is 0 Å². The van der Waals surface area contributed by atoms with Crippen LogP contribution in [-0.4, -0.2) is 42.1 Å². The second kappa shape index (κ2) is 6.46. The number of morpholine rings is 1. The molecule has 2 aliphatic rings. The summed E-state index contributed by atoms with van der Waals surface area (Å²) in [5.74, 6) is 0.603. The fourth-order valence-electron chi connectivity index (χ4n) is 2.86. The van der Waals surface area contributed by atoms with E-state index in [9.17, 15) is 4.79 Å². The standard InChI is InChI=1S/C14H21BrN4O2/c15-12-7-17-19(8-10-2-1-3-10)14(20)13(12)18-4-5-21-11(6-16)9-18/h7,10-11H,1-6,8-9,16H2. The van der Waals surface area contributed by atoms with Crippen molar-refractivity contribution in [3.05, 3.63) is 21.0 Å². The monoisotopic (exact) mass is 356 g/mol. The Morgan fingerprint density at radius 1 is 1.48 bits per heavy atom. The summed E-state index contributed by atoms with van der Waals surface area (Å²) >= 11 is 3.47. The molecule has 2 heterocycles. The zero-order chi connectivity index (χ0) is 14.8. The third-order valence-corrected chi connectivity index (χ3v) is 4.93. The first-order chi connectivity index (χ1) is 10.2. The van der Waals surface area contributed by atoms with Crippen LogP contribution in [0.25, 0.3) is 0 Å². The molecular formula is C14H21BrN4O2. The van der Waals surface area contributed by atoms with Crippen LogP contribution in [0.5, 0.6) is 0 Å². The SMILES string of the molecule is NCC1CN(c2c(Br)cnn(CC3CCC3)c2=O)CCO1. The number of rotatable bonds is 4. The van der Waals surface area contributed by atoms with Gasteiger partial charge in [0.2, 0.25) is 0 Å². The molecule has 6 nitrogen and oxygen atoms in total. The van der Waals surface area contributed by atoms with Gasteiger partial charge in [0.25, 0.3) is 5.56 Å². The Bertz CT molecular complexity index is 558. The van der Waals surface area contributed by atoms with Crippen molar-refractivity contribution < 1.29 is 4.74 Å². The number of nitrogens with two attached hydrogens (primary N) is 1. The Morgan fingerprint density at radius 3 is 2.95 bits per heavy atom. The van der Waals surface area contributed by atoms with Gasteiger partial charge in [0.05, 0.1) is 23.4 Å². The maximum absolute atomic E-state index is 12.7. The molecule has 0 amide bonds. The van der Waals surface area contributed by atoms with Gasteiger partial charge in [0.15, 0.2) is 0 Å². The van der Waals surface area contributed by atoms with Gasteiger partial charge in [-0.2, -0.15) is 5.10 Å². The molecule has 0 spiro atoms. The summed E-state index contributed by atoms with van der Waals surface area (Å²) in [5.41, 5.74) is 6.35. The minimum absolute atomic E-state index is 0.0155. The maximum Gasteiger partial charge on any atom is 0.291 e. The van der Waals surface area contributed by atoms with Crippen LogP contribution in [0.15, 0.2) is 15.5 Å². The molecule has 0 radical (unpaired) electrons. The molecule has 7 heteroatoms. The normalized spacial score (nSPS) is 23.1. The minimum atomic E-state index is -0.0195. The van der Waals surface area contributed by atoms with E-state index in [1.165, 1.54) is 19.3 Å². The van der Waals surface area contributed by atoms with E-state index in [2.05, 4.69) is 25.9 Å². The lowest BCUT2D eigenvalue weighted by molar-refractivity contribution is 0.0464. The summed E-state index contributed by atoms with van der Waals surface area (Å²) in [7, 11) is 0. The third-order valence-electron chi connectivity index (χ3n) is 4.35. The molecule has 1 aliphatic carbocycles. The molecular weight excluding hydrogens is 336 g/mol. The number of ether oxygens (including phenoxy) is 1. The van der Waals surface area contributed by atoms with E-state index in [4.69, 9.17) is 10.5 Å². The number of aromatic nitrogens is 2. The van der Waals surface area contributed by atoms with E-state index < -0.39 is 0 Å². The first-order valence-corrected chi connectivity index (χ1v) is 8.30. The number of hydrogen-bond donors (Lipinski definition) is 1. The molecule has 2 N–H and O–H groups in total. The first-order valence-electron chi connectivity index (χ1n) is 7.51. The van der Waals surface area contributed by atoms with Gasteiger partial charge in [0.1, 0.15) is 5.69 Å². The van der Waals surface area contributed by atoms with Gasteiger partial charge < -0.3 is 15.4 Å². The van der Waals surface area contributed by atoms with Gasteiger partial charge in [0, 0.05) is 26.2 Å². The van der Waals surface area contributed by atoms with Crippen molar-refractivity contribution in [2.45, 2.75) is 31.9 Å². The van der Waals surface area contributed by atoms with Gasteiger partial charge in [-0.05, 0) is 34.7 Å². The van der Waals surface area contributed by atoms with Crippen LogP contribution in [0.3, 0.4) is 0 Å². The van der Waals surface area contributed by atoms with E-state index >= 15 is 0 Å². The Kier molecular flexibility index (Phi) is 4.61. The summed E-state index contributed by atoms with van der Waals surface area (Å²) in [6, 6.07) is 0. The highest BCUT2D eigenvalue weighted by molar-refractivity contribution is 9.10. The van der Waals surface area contributed by atoms with E-state index in [-0.39, 0.29) is 11.7 Å². The van der Waals surface area contributed by atoms with Crippen LogP contribution >= 0.6 is 15.9 Å². The summed E-state index contributed by atoms with van der Waals surface area (Å²) < 4.78 is 7.93. The molecule has 1 aliphatic heterocycles. The molecule has 1 aromatic rings. The lowest BCUT2D eigenvalue weighted by Gasteiger charge is -2.34. The molecule has 1 saturated heterocycles. The molecule has 1 unspecified atom stereocenters. The molecule has 0 bridgehead atoms. The van der Waals surface area contributed by atoms with E-state index in [1.807, 2.05) is 0 Å². The second-order valence-corrected chi connectivity index (χ2v) is 6.65. The summed E-state index contributed by atoms with van der Waals surface area (Å²) in [6.45, 7) is 3.15. The Balaban J connectivity index is 1.85. The van der Waals surface area contributed by atoms with Crippen molar-refractivity contribution in [1.29, 1.82) is 0 Å². The summed E-state index contributed by atoms with van der Waals surface area (Å²) in [4.78, 5) is 14.8. The number of nitrogens with zero attached hydrogens (tertiary/aromatic N) is 3. The predicted octanol–water partition coefficient (Wildman–Crippen LogP) is 0.970. The van der Waals surface area contributed by atoms with Gasteiger partial charge in [-0.1, -0.05) is 6.42 Å². The zero-order valence-corrected chi connectivity index (χ0v) is 13.6. The van der Waals surface area contributed by atoms with Crippen LogP contribution in [0.2, 0.25) is 0 Å². The van der Waals surface area contributed by atoms with Gasteiger partial charge >= 0.3 is 0 Å². The van der Waals surface area contributed by atoms with Crippen molar-refractivity contribution >= 4 is 21.6 Å². The van der Waals surface area contributed by atoms with Crippen LogP contribution < -0.4 is 16.2 Å². The molecule has 0 aromatic carbocycles. The zero-order valence-electron chi connectivity index (χ0n) is 12.0.